The molecule has 0 saturated heterocycles. The molecule has 5 rings (SSSR count). The van der Waals surface area contributed by atoms with Gasteiger partial charge in [-0.3, -0.25) is 9.59 Å². The highest BCUT2D eigenvalue weighted by Crippen LogP contribution is 2.31. The Kier molecular flexibility index (Phi) is 6.66. The molecule has 184 valence electrons. The Labute approximate surface area is 217 Å². The van der Waals surface area contributed by atoms with Crippen molar-refractivity contribution < 1.29 is 18.4 Å². The number of aromatic nitrogens is 3. The molecule has 0 saturated carbocycles. The minimum atomic E-state index is -0.978. The smallest absolute Gasteiger partial charge is 0.255 e. The van der Waals surface area contributed by atoms with E-state index < -0.39 is 23.0 Å². The summed E-state index contributed by atoms with van der Waals surface area (Å²) >= 11 is 2.13. The molecule has 0 atom stereocenters. The number of thiazole rings is 1. The first kappa shape index (κ1) is 24.2. The van der Waals surface area contributed by atoms with Crippen LogP contribution in [0.25, 0.3) is 11.3 Å². The van der Waals surface area contributed by atoms with Gasteiger partial charge in [-0.1, -0.05) is 34.0 Å². The Balaban J connectivity index is 1.25. The number of amides is 1. The van der Waals surface area contributed by atoms with Gasteiger partial charge in [0, 0.05) is 27.9 Å². The maximum Gasteiger partial charge on any atom is 0.255 e. The van der Waals surface area contributed by atoms with Crippen LogP contribution in [0.4, 0.5) is 31.1 Å². The third-order valence-corrected chi connectivity index (χ3v) is 6.74. The zero-order valence-electron chi connectivity index (χ0n) is 18.7. The molecule has 5 aromatic rings. The molecular formula is C25H16F2N6O2S2. The number of nitrogens with two attached hydrogens (primary N) is 1. The summed E-state index contributed by atoms with van der Waals surface area (Å²) in [5, 5.41) is 11.9. The highest BCUT2D eigenvalue weighted by molar-refractivity contribution is 7.18. The normalized spacial score (nSPS) is 10.8. The average Bonchev–Trinajstić information content (AvgIpc) is 3.55. The fourth-order valence-electron chi connectivity index (χ4n) is 3.42. The molecule has 3 aromatic carbocycles. The van der Waals surface area contributed by atoms with Crippen LogP contribution in [0.2, 0.25) is 0 Å². The first-order valence-electron chi connectivity index (χ1n) is 10.7. The van der Waals surface area contributed by atoms with Crippen LogP contribution in [-0.2, 0) is 0 Å². The number of ketones is 1. The van der Waals surface area contributed by atoms with Gasteiger partial charge in [0.25, 0.3) is 5.91 Å². The van der Waals surface area contributed by atoms with Crippen molar-refractivity contribution in [3.05, 3.63) is 99.7 Å². The van der Waals surface area contributed by atoms with Crippen molar-refractivity contribution in [2.45, 2.75) is 0 Å². The monoisotopic (exact) mass is 534 g/mol. The van der Waals surface area contributed by atoms with Crippen LogP contribution in [-0.4, -0.2) is 26.3 Å². The van der Waals surface area contributed by atoms with E-state index in [9.17, 15) is 18.4 Å². The summed E-state index contributed by atoms with van der Waals surface area (Å²) in [5.74, 6) is -3.29. The topological polar surface area (TPSA) is 123 Å². The molecule has 2 heterocycles. The molecule has 0 fully saturated rings. The van der Waals surface area contributed by atoms with Gasteiger partial charge >= 0.3 is 0 Å². The van der Waals surface area contributed by atoms with E-state index in [1.807, 2.05) is 17.5 Å². The second kappa shape index (κ2) is 10.2. The molecule has 12 heteroatoms. The van der Waals surface area contributed by atoms with Crippen molar-refractivity contribution in [2.75, 3.05) is 16.4 Å². The molecule has 0 spiro atoms. The predicted octanol–water partition coefficient (Wildman–Crippen LogP) is 5.75. The first-order valence-corrected chi connectivity index (χ1v) is 12.4. The summed E-state index contributed by atoms with van der Waals surface area (Å²) in [7, 11) is 0. The quantitative estimate of drug-likeness (QED) is 0.227. The molecule has 0 aliphatic rings. The van der Waals surface area contributed by atoms with Crippen molar-refractivity contribution in [1.82, 2.24) is 14.6 Å². The highest BCUT2D eigenvalue weighted by Gasteiger charge is 2.24. The molecule has 2 aromatic heterocycles. The Morgan fingerprint density at radius 3 is 2.22 bits per heavy atom. The lowest BCUT2D eigenvalue weighted by Gasteiger charge is -2.07. The van der Waals surface area contributed by atoms with Gasteiger partial charge in [0.1, 0.15) is 28.0 Å². The maximum atomic E-state index is 14.0. The van der Waals surface area contributed by atoms with Gasteiger partial charge in [-0.15, -0.1) is 5.10 Å². The van der Waals surface area contributed by atoms with Gasteiger partial charge in [-0.05, 0) is 60.1 Å². The third-order valence-electron chi connectivity index (χ3n) is 5.25. The number of hydrogen-bond acceptors (Lipinski definition) is 9. The van der Waals surface area contributed by atoms with Crippen LogP contribution < -0.4 is 16.4 Å². The Morgan fingerprint density at radius 2 is 1.57 bits per heavy atom. The number of nitrogen functional groups attached to an aromatic ring is 1. The van der Waals surface area contributed by atoms with Crippen molar-refractivity contribution in [3.8, 4) is 11.3 Å². The number of nitrogens with zero attached hydrogens (tertiary/aromatic N) is 3. The van der Waals surface area contributed by atoms with Gasteiger partial charge in [0.15, 0.2) is 5.13 Å². The van der Waals surface area contributed by atoms with Crippen molar-refractivity contribution in [1.29, 1.82) is 0 Å². The highest BCUT2D eigenvalue weighted by atomic mass is 32.1. The number of benzene rings is 3. The number of carbonyl (C=O) groups is 2. The standard InChI is InChI=1S/C25H16F2N6O2S2/c26-17-2-1-3-18(27)20(17)21(34)22-23(28)31-25(37-22)30-16-10-6-14(7-11-16)24(35)29-15-8-4-13(5-9-15)19-12-36-33-32-19/h1-12H,28H2,(H,29,35)(H,30,31). The van der Waals surface area contributed by atoms with Crippen LogP contribution in [0.5, 0.6) is 0 Å². The number of rotatable bonds is 7. The lowest BCUT2D eigenvalue weighted by molar-refractivity contribution is 0.102. The van der Waals surface area contributed by atoms with Crippen LogP contribution in [0.1, 0.15) is 25.6 Å². The van der Waals surface area contributed by atoms with E-state index in [1.54, 1.807) is 36.4 Å². The summed E-state index contributed by atoms with van der Waals surface area (Å²) in [6.45, 7) is 0. The van der Waals surface area contributed by atoms with E-state index in [1.165, 1.54) is 17.6 Å². The Hall–Kier alpha value is -4.55. The first-order chi connectivity index (χ1) is 17.9. The van der Waals surface area contributed by atoms with Gasteiger partial charge in [-0.25, -0.2) is 13.8 Å². The lowest BCUT2D eigenvalue weighted by Crippen LogP contribution is -2.11. The van der Waals surface area contributed by atoms with Crippen molar-refractivity contribution >= 4 is 56.9 Å². The molecular weight excluding hydrogens is 518 g/mol. The Bertz CT molecular complexity index is 1570. The summed E-state index contributed by atoms with van der Waals surface area (Å²) in [6, 6.07) is 17.0. The summed E-state index contributed by atoms with van der Waals surface area (Å²) < 4.78 is 31.9. The van der Waals surface area contributed by atoms with Crippen LogP contribution in [0.3, 0.4) is 0 Å². The largest absolute Gasteiger partial charge is 0.382 e. The average molecular weight is 535 g/mol. The zero-order chi connectivity index (χ0) is 25.9. The van der Waals surface area contributed by atoms with E-state index in [0.29, 0.717) is 16.9 Å². The van der Waals surface area contributed by atoms with Crippen molar-refractivity contribution in [2.24, 2.45) is 0 Å². The maximum absolute atomic E-state index is 14.0. The molecule has 0 unspecified atom stereocenters. The molecule has 0 bridgehead atoms. The van der Waals surface area contributed by atoms with Gasteiger partial charge in [0.2, 0.25) is 5.78 Å². The summed E-state index contributed by atoms with van der Waals surface area (Å²) in [5.41, 5.74) is 8.44. The van der Waals surface area contributed by atoms with E-state index in [4.69, 9.17) is 5.73 Å². The SMILES string of the molecule is Nc1nc(Nc2ccc(C(=O)Nc3ccc(-c4csnn4)cc3)cc2)sc1C(=O)c1c(F)cccc1F. The molecule has 1 amide bonds. The molecule has 0 aliphatic heterocycles. The Morgan fingerprint density at radius 1 is 0.892 bits per heavy atom. The van der Waals surface area contributed by atoms with E-state index >= 15 is 0 Å². The number of carbonyl (C=O) groups excluding carboxylic acids is 2. The van der Waals surface area contributed by atoms with E-state index in [0.717, 1.165) is 34.7 Å². The third kappa shape index (κ3) is 5.20. The van der Waals surface area contributed by atoms with Crippen LogP contribution >= 0.6 is 22.9 Å². The van der Waals surface area contributed by atoms with E-state index in [2.05, 4.69) is 25.2 Å². The van der Waals surface area contributed by atoms with Crippen LogP contribution in [0, 0.1) is 11.6 Å². The number of hydrogen-bond donors (Lipinski definition) is 3. The number of halogens is 2. The van der Waals surface area contributed by atoms with Gasteiger partial charge in [0.05, 0.1) is 5.56 Å². The summed E-state index contributed by atoms with van der Waals surface area (Å²) in [6.07, 6.45) is 0. The lowest BCUT2D eigenvalue weighted by atomic mass is 10.1. The molecule has 4 N–H and O–H groups in total. The van der Waals surface area contributed by atoms with Gasteiger partial charge in [-0.2, -0.15) is 0 Å². The van der Waals surface area contributed by atoms with Gasteiger partial charge < -0.3 is 16.4 Å². The second-order valence-electron chi connectivity index (χ2n) is 7.68. The minimum Gasteiger partial charge on any atom is -0.382 e. The fraction of sp³-hybridized carbons (Fsp3) is 0. The zero-order valence-corrected chi connectivity index (χ0v) is 20.4. The number of nitrogens with one attached hydrogen (secondary N) is 2. The number of anilines is 4. The summed E-state index contributed by atoms with van der Waals surface area (Å²) in [4.78, 5) is 29.3. The fourth-order valence-corrected chi connectivity index (χ4v) is 4.74. The second-order valence-corrected chi connectivity index (χ2v) is 9.29. The molecule has 0 aliphatic carbocycles. The van der Waals surface area contributed by atoms with Crippen LogP contribution in [0.15, 0.2) is 72.1 Å². The van der Waals surface area contributed by atoms with Crippen molar-refractivity contribution in [3.63, 3.8) is 0 Å². The van der Waals surface area contributed by atoms with E-state index in [-0.39, 0.29) is 21.7 Å². The molecule has 0 radical (unpaired) electrons. The molecule has 37 heavy (non-hydrogen) atoms. The minimum absolute atomic E-state index is 0.0837. The predicted molar refractivity (Wildman–Crippen MR) is 139 cm³/mol. The molecule has 8 nitrogen and oxygen atoms in total.